The van der Waals surface area contributed by atoms with Crippen LogP contribution in [0.5, 0.6) is 0 Å². The van der Waals surface area contributed by atoms with Gasteiger partial charge in [-0.2, -0.15) is 5.10 Å². The van der Waals surface area contributed by atoms with Crippen LogP contribution < -0.4 is 16.9 Å². The fourth-order valence-electron chi connectivity index (χ4n) is 0.780. The maximum absolute atomic E-state index is 10.6. The highest BCUT2D eigenvalue weighted by Crippen LogP contribution is 2.07. The lowest BCUT2D eigenvalue weighted by molar-refractivity contribution is 0.232. The van der Waals surface area contributed by atoms with Crippen molar-refractivity contribution < 1.29 is 5.21 Å². The number of hydroxylamine groups is 1. The normalized spacial score (nSPS) is 14.2. The summed E-state index contributed by atoms with van der Waals surface area (Å²) >= 11 is 0. The van der Waals surface area contributed by atoms with Crippen LogP contribution in [0, 0.1) is 0 Å². The average Bonchev–Trinajstić information content (AvgIpc) is 2.51. The number of hydrogen-bond donors (Lipinski definition) is 5. The molecule has 1 atom stereocenters. The standard InChI is InChI=1S/C5H10N6O2/c1-2(7-4(6)11-13)3-8-5(12)10-9-3/h2,13H,1H3,(H3,6,7,11)(H2,8,9,10,12). The van der Waals surface area contributed by atoms with Crippen molar-refractivity contribution in [2.45, 2.75) is 13.0 Å². The van der Waals surface area contributed by atoms with Crippen LogP contribution in [0.25, 0.3) is 0 Å². The Labute approximate surface area is 72.8 Å². The number of H-pyrrole nitrogens is 2. The first kappa shape index (κ1) is 9.26. The maximum Gasteiger partial charge on any atom is 0.340 e. The van der Waals surface area contributed by atoms with E-state index in [2.05, 4.69) is 20.2 Å². The molecule has 0 amide bonds. The van der Waals surface area contributed by atoms with Gasteiger partial charge >= 0.3 is 5.69 Å². The van der Waals surface area contributed by atoms with E-state index in [1.165, 1.54) is 0 Å². The first-order valence-electron chi connectivity index (χ1n) is 3.51. The molecule has 1 heterocycles. The average molecular weight is 186 g/mol. The summed E-state index contributed by atoms with van der Waals surface area (Å²) in [6, 6.07) is -0.432. The number of aliphatic imine (C=N–C) groups is 1. The first-order chi connectivity index (χ1) is 6.13. The Morgan fingerprint density at radius 1 is 1.85 bits per heavy atom. The molecular formula is C5H10N6O2. The minimum Gasteiger partial charge on any atom is -0.368 e. The van der Waals surface area contributed by atoms with E-state index in [0.29, 0.717) is 5.82 Å². The van der Waals surface area contributed by atoms with E-state index in [9.17, 15) is 4.79 Å². The van der Waals surface area contributed by atoms with Gasteiger partial charge in [0.1, 0.15) is 6.04 Å². The van der Waals surface area contributed by atoms with Crippen molar-refractivity contribution in [3.63, 3.8) is 0 Å². The summed E-state index contributed by atoms with van der Waals surface area (Å²) in [6.07, 6.45) is 0. The highest BCUT2D eigenvalue weighted by Gasteiger charge is 2.07. The van der Waals surface area contributed by atoms with Gasteiger partial charge in [0.2, 0.25) is 5.96 Å². The molecule has 72 valence electrons. The first-order valence-corrected chi connectivity index (χ1v) is 3.51. The lowest BCUT2D eigenvalue weighted by Gasteiger charge is -2.02. The molecule has 6 N–H and O–H groups in total. The highest BCUT2D eigenvalue weighted by molar-refractivity contribution is 5.76. The molecule has 0 saturated carbocycles. The van der Waals surface area contributed by atoms with Crippen LogP contribution in [0.4, 0.5) is 0 Å². The molecule has 0 spiro atoms. The molecule has 8 heteroatoms. The van der Waals surface area contributed by atoms with Crippen LogP contribution in [0.3, 0.4) is 0 Å². The number of nitrogens with zero attached hydrogens (tertiary/aromatic N) is 2. The Balaban J connectivity index is 2.79. The lowest BCUT2D eigenvalue weighted by Crippen LogP contribution is -2.28. The summed E-state index contributed by atoms with van der Waals surface area (Å²) in [6.45, 7) is 1.66. The molecule has 1 aromatic heterocycles. The molecule has 0 fully saturated rings. The third kappa shape index (κ3) is 2.30. The number of nitrogens with one attached hydrogen (secondary N) is 3. The van der Waals surface area contributed by atoms with E-state index < -0.39 is 11.7 Å². The molecule has 13 heavy (non-hydrogen) atoms. The van der Waals surface area contributed by atoms with Crippen molar-refractivity contribution in [3.8, 4) is 0 Å². The zero-order valence-corrected chi connectivity index (χ0v) is 6.90. The van der Waals surface area contributed by atoms with E-state index in [0.717, 1.165) is 0 Å². The molecule has 0 aliphatic heterocycles. The molecular weight excluding hydrogens is 176 g/mol. The van der Waals surface area contributed by atoms with Gasteiger partial charge in [0.25, 0.3) is 0 Å². The van der Waals surface area contributed by atoms with E-state index in [-0.39, 0.29) is 5.96 Å². The molecule has 1 unspecified atom stereocenters. The fraction of sp³-hybridized carbons (Fsp3) is 0.400. The van der Waals surface area contributed by atoms with E-state index in [1.807, 2.05) is 0 Å². The van der Waals surface area contributed by atoms with Crippen LogP contribution in [0.1, 0.15) is 18.8 Å². The van der Waals surface area contributed by atoms with Gasteiger partial charge in [-0.05, 0) is 6.92 Å². The molecule has 0 radical (unpaired) electrons. The summed E-state index contributed by atoms with van der Waals surface area (Å²) in [5.41, 5.74) is 6.44. The second-order valence-corrected chi connectivity index (χ2v) is 2.37. The number of aromatic nitrogens is 3. The van der Waals surface area contributed by atoms with Crippen molar-refractivity contribution in [1.82, 2.24) is 20.7 Å². The minimum absolute atomic E-state index is 0.142. The van der Waals surface area contributed by atoms with Gasteiger partial charge in [0.05, 0.1) is 0 Å². The summed E-state index contributed by atoms with van der Waals surface area (Å²) in [4.78, 5) is 16.8. The van der Waals surface area contributed by atoms with Gasteiger partial charge in [-0.15, -0.1) is 0 Å². The van der Waals surface area contributed by atoms with Crippen molar-refractivity contribution >= 4 is 5.96 Å². The van der Waals surface area contributed by atoms with E-state index in [1.54, 1.807) is 12.4 Å². The number of rotatable bonds is 2. The largest absolute Gasteiger partial charge is 0.368 e. The lowest BCUT2D eigenvalue weighted by atomic mass is 10.3. The molecule has 1 aromatic rings. The number of nitrogens with two attached hydrogens (primary N) is 1. The van der Waals surface area contributed by atoms with Gasteiger partial charge in [0.15, 0.2) is 5.82 Å². The Kier molecular flexibility index (Phi) is 2.65. The van der Waals surface area contributed by atoms with E-state index in [4.69, 9.17) is 10.9 Å². The Bertz CT molecular complexity index is 352. The molecule has 0 bridgehead atoms. The zero-order valence-electron chi connectivity index (χ0n) is 6.90. The number of guanidine groups is 1. The number of hydrogen-bond acceptors (Lipinski definition) is 4. The Morgan fingerprint density at radius 2 is 2.54 bits per heavy atom. The molecule has 0 saturated heterocycles. The topological polar surface area (TPSA) is 132 Å². The Hall–Kier alpha value is -1.83. The fourth-order valence-corrected chi connectivity index (χ4v) is 0.780. The second-order valence-electron chi connectivity index (χ2n) is 2.37. The third-order valence-electron chi connectivity index (χ3n) is 1.36. The predicted octanol–water partition coefficient (Wildman–Crippen LogP) is -1.55. The van der Waals surface area contributed by atoms with Crippen LogP contribution in [0.2, 0.25) is 0 Å². The van der Waals surface area contributed by atoms with E-state index >= 15 is 0 Å². The Morgan fingerprint density at radius 3 is 3.00 bits per heavy atom. The maximum atomic E-state index is 10.6. The molecule has 0 aromatic carbocycles. The van der Waals surface area contributed by atoms with Gasteiger partial charge < -0.3 is 5.73 Å². The molecule has 0 aliphatic carbocycles. The second kappa shape index (κ2) is 3.72. The molecule has 8 nitrogen and oxygen atoms in total. The molecule has 0 aliphatic rings. The summed E-state index contributed by atoms with van der Waals surface area (Å²) < 4.78 is 0. The van der Waals surface area contributed by atoms with Gasteiger partial charge in [-0.3, -0.25) is 10.2 Å². The van der Waals surface area contributed by atoms with Crippen LogP contribution in [-0.4, -0.2) is 26.3 Å². The summed E-state index contributed by atoms with van der Waals surface area (Å²) in [5.74, 6) is 0.208. The summed E-state index contributed by atoms with van der Waals surface area (Å²) in [5, 5.41) is 14.2. The predicted molar refractivity (Wildman–Crippen MR) is 44.2 cm³/mol. The quantitative estimate of drug-likeness (QED) is 0.217. The van der Waals surface area contributed by atoms with Gasteiger partial charge in [-0.1, -0.05) is 0 Å². The van der Waals surface area contributed by atoms with Crippen LogP contribution >= 0.6 is 0 Å². The van der Waals surface area contributed by atoms with Crippen molar-refractivity contribution in [3.05, 3.63) is 16.3 Å². The summed E-state index contributed by atoms with van der Waals surface area (Å²) in [7, 11) is 0. The van der Waals surface area contributed by atoms with Crippen molar-refractivity contribution in [2.75, 3.05) is 0 Å². The van der Waals surface area contributed by atoms with Crippen molar-refractivity contribution in [2.24, 2.45) is 10.7 Å². The van der Waals surface area contributed by atoms with Crippen molar-refractivity contribution in [1.29, 1.82) is 0 Å². The number of aromatic amines is 2. The minimum atomic E-state index is -0.432. The van der Waals surface area contributed by atoms with Gasteiger partial charge in [-0.25, -0.2) is 20.4 Å². The molecule has 1 rings (SSSR count). The highest BCUT2D eigenvalue weighted by atomic mass is 16.5. The zero-order chi connectivity index (χ0) is 9.84. The monoisotopic (exact) mass is 186 g/mol. The van der Waals surface area contributed by atoms with Crippen LogP contribution in [0.15, 0.2) is 9.79 Å². The third-order valence-corrected chi connectivity index (χ3v) is 1.36. The van der Waals surface area contributed by atoms with Gasteiger partial charge in [0, 0.05) is 0 Å². The SMILES string of the molecule is CC(N=C(N)NO)c1n[nH]c(=O)[nH]1. The van der Waals surface area contributed by atoms with Crippen LogP contribution in [-0.2, 0) is 0 Å². The smallest absolute Gasteiger partial charge is 0.340 e.